The summed E-state index contributed by atoms with van der Waals surface area (Å²) < 4.78 is 37.7. The number of carbonyl (C=O) groups is 1. The van der Waals surface area contributed by atoms with E-state index in [2.05, 4.69) is 5.32 Å². The molecule has 1 unspecified atom stereocenters. The minimum atomic E-state index is -4.40. The summed E-state index contributed by atoms with van der Waals surface area (Å²) in [4.78, 5) is 10.4. The van der Waals surface area contributed by atoms with Crippen LogP contribution in [0.3, 0.4) is 0 Å². The lowest BCUT2D eigenvalue weighted by Gasteiger charge is -2.14. The van der Waals surface area contributed by atoms with Crippen LogP contribution in [0, 0.1) is 0 Å². The van der Waals surface area contributed by atoms with E-state index in [9.17, 15) is 18.0 Å². The number of hydrogen-bond donors (Lipinski definition) is 1. The van der Waals surface area contributed by atoms with Crippen LogP contribution in [0.25, 0.3) is 0 Å². The molecule has 0 aliphatic heterocycles. The van der Waals surface area contributed by atoms with Gasteiger partial charge in [-0.15, -0.1) is 11.6 Å². The molecule has 94 valence electrons. The molecule has 0 aromatic heterocycles. The van der Waals surface area contributed by atoms with E-state index in [1.807, 2.05) is 0 Å². The molecule has 17 heavy (non-hydrogen) atoms. The van der Waals surface area contributed by atoms with E-state index in [1.165, 1.54) is 19.2 Å². The number of carbonyl (C=O) groups excluding carboxylic acids is 1. The first-order valence-corrected chi connectivity index (χ1v) is 5.29. The van der Waals surface area contributed by atoms with Gasteiger partial charge < -0.3 is 10.1 Å². The van der Waals surface area contributed by atoms with Crippen LogP contribution < -0.4 is 5.32 Å². The minimum Gasteiger partial charge on any atom is -0.388 e. The van der Waals surface area contributed by atoms with Crippen LogP contribution in [-0.2, 0) is 17.4 Å². The number of nitrogens with one attached hydrogen (secondary N) is 1. The maximum atomic E-state index is 12.6. The fourth-order valence-electron chi connectivity index (χ4n) is 1.45. The highest BCUT2D eigenvalue weighted by molar-refractivity contribution is 6.27. The van der Waals surface area contributed by atoms with Crippen molar-refractivity contribution in [3.8, 4) is 0 Å². The van der Waals surface area contributed by atoms with Crippen molar-refractivity contribution < 1.29 is 18.0 Å². The monoisotopic (exact) mass is 265 g/mol. The van der Waals surface area contributed by atoms with E-state index >= 15 is 0 Å². The lowest BCUT2D eigenvalue weighted by atomic mass is 10.0. The summed E-state index contributed by atoms with van der Waals surface area (Å²) in [5.41, 5.74) is -0.180. The summed E-state index contributed by atoms with van der Waals surface area (Å²) in [6.07, 6.45) is -3.64. The molecular formula is C11H11ClF3NO. The zero-order valence-electron chi connectivity index (χ0n) is 9.01. The van der Waals surface area contributed by atoms with Crippen LogP contribution in [0.15, 0.2) is 18.2 Å². The van der Waals surface area contributed by atoms with Crippen LogP contribution in [0.2, 0.25) is 0 Å². The summed E-state index contributed by atoms with van der Waals surface area (Å²) in [5.74, 6) is 0. The van der Waals surface area contributed by atoms with Crippen molar-refractivity contribution in [3.63, 3.8) is 0 Å². The van der Waals surface area contributed by atoms with Crippen molar-refractivity contribution in [3.05, 3.63) is 29.3 Å². The number of benzene rings is 1. The highest BCUT2D eigenvalue weighted by Crippen LogP contribution is 2.35. The fraction of sp³-hybridized carbons (Fsp3) is 0.364. The molecule has 0 saturated heterocycles. The normalized spacial score (nSPS) is 13.2. The molecular weight excluding hydrogens is 255 g/mol. The van der Waals surface area contributed by atoms with Crippen LogP contribution in [0.4, 0.5) is 18.9 Å². The standard InChI is InChI=1S/C11H11ClF3NO/c1-16-10-5-7(4-8(12)6-17)2-3-9(10)11(13,14)15/h2-3,5-6,8,16H,4H2,1H3. The third kappa shape index (κ3) is 3.63. The zero-order chi connectivity index (χ0) is 13.1. The van der Waals surface area contributed by atoms with Crippen molar-refractivity contribution >= 4 is 23.6 Å². The van der Waals surface area contributed by atoms with Gasteiger partial charge in [0.15, 0.2) is 0 Å². The van der Waals surface area contributed by atoms with E-state index in [1.54, 1.807) is 0 Å². The predicted octanol–water partition coefficient (Wildman–Crippen LogP) is 3.10. The van der Waals surface area contributed by atoms with Gasteiger partial charge in [-0.2, -0.15) is 13.2 Å². The molecule has 2 nitrogen and oxygen atoms in total. The Hall–Kier alpha value is -1.23. The molecule has 0 aliphatic carbocycles. The fourth-order valence-corrected chi connectivity index (χ4v) is 1.62. The number of halogens is 4. The van der Waals surface area contributed by atoms with Gasteiger partial charge in [-0.25, -0.2) is 0 Å². The van der Waals surface area contributed by atoms with Crippen molar-refractivity contribution in [1.29, 1.82) is 0 Å². The molecule has 1 atom stereocenters. The first kappa shape index (κ1) is 13.8. The molecule has 0 heterocycles. The first-order valence-electron chi connectivity index (χ1n) is 4.85. The third-order valence-electron chi connectivity index (χ3n) is 2.24. The van der Waals surface area contributed by atoms with Gasteiger partial charge in [0.1, 0.15) is 6.29 Å². The van der Waals surface area contributed by atoms with Crippen molar-refractivity contribution in [2.24, 2.45) is 0 Å². The van der Waals surface area contributed by atoms with Gasteiger partial charge in [0.2, 0.25) is 0 Å². The molecule has 1 rings (SSSR count). The summed E-state index contributed by atoms with van der Waals surface area (Å²) in [6, 6.07) is 3.65. The maximum absolute atomic E-state index is 12.6. The average Bonchev–Trinajstić information content (AvgIpc) is 2.27. The van der Waals surface area contributed by atoms with Gasteiger partial charge in [0.25, 0.3) is 0 Å². The number of alkyl halides is 4. The largest absolute Gasteiger partial charge is 0.418 e. The van der Waals surface area contributed by atoms with E-state index < -0.39 is 17.1 Å². The van der Waals surface area contributed by atoms with Gasteiger partial charge in [-0.1, -0.05) is 6.07 Å². The SMILES string of the molecule is CNc1cc(CC(Cl)C=O)ccc1C(F)(F)F. The highest BCUT2D eigenvalue weighted by atomic mass is 35.5. The van der Waals surface area contributed by atoms with Gasteiger partial charge in [-0.3, -0.25) is 0 Å². The highest BCUT2D eigenvalue weighted by Gasteiger charge is 2.33. The number of rotatable bonds is 4. The van der Waals surface area contributed by atoms with Crippen molar-refractivity contribution in [1.82, 2.24) is 0 Å². The topological polar surface area (TPSA) is 29.1 Å². The Morgan fingerprint density at radius 2 is 2.12 bits per heavy atom. The summed E-state index contributed by atoms with van der Waals surface area (Å²) >= 11 is 5.61. The van der Waals surface area contributed by atoms with E-state index in [-0.39, 0.29) is 12.1 Å². The Bertz CT molecular complexity index is 406. The molecule has 1 aromatic rings. The average molecular weight is 266 g/mol. The molecule has 1 N–H and O–H groups in total. The summed E-state index contributed by atoms with van der Waals surface area (Å²) in [5, 5.41) is 1.76. The lowest BCUT2D eigenvalue weighted by molar-refractivity contribution is -0.137. The van der Waals surface area contributed by atoms with Gasteiger partial charge in [0, 0.05) is 12.7 Å². The van der Waals surface area contributed by atoms with Crippen molar-refractivity contribution in [2.45, 2.75) is 18.0 Å². The number of anilines is 1. The molecule has 0 saturated carbocycles. The molecule has 0 radical (unpaired) electrons. The third-order valence-corrected chi connectivity index (χ3v) is 2.49. The van der Waals surface area contributed by atoms with E-state index in [0.29, 0.717) is 11.8 Å². The lowest BCUT2D eigenvalue weighted by Crippen LogP contribution is -2.10. The molecule has 0 spiro atoms. The Morgan fingerprint density at radius 3 is 2.59 bits per heavy atom. The second-order valence-corrected chi connectivity index (χ2v) is 4.04. The summed E-state index contributed by atoms with van der Waals surface area (Å²) in [7, 11) is 1.41. The van der Waals surface area contributed by atoms with Crippen LogP contribution in [0.5, 0.6) is 0 Å². The number of aldehydes is 1. The maximum Gasteiger partial charge on any atom is 0.418 e. The molecule has 6 heteroatoms. The Balaban J connectivity index is 3.04. The van der Waals surface area contributed by atoms with Crippen LogP contribution >= 0.6 is 11.6 Å². The minimum absolute atomic E-state index is 0.0234. The zero-order valence-corrected chi connectivity index (χ0v) is 9.77. The molecule has 0 bridgehead atoms. The van der Waals surface area contributed by atoms with Gasteiger partial charge >= 0.3 is 6.18 Å². The molecule has 1 aromatic carbocycles. The van der Waals surface area contributed by atoms with E-state index in [0.717, 1.165) is 6.07 Å². The predicted molar refractivity (Wildman–Crippen MR) is 60.4 cm³/mol. The van der Waals surface area contributed by atoms with Crippen LogP contribution in [0.1, 0.15) is 11.1 Å². The molecule has 0 aliphatic rings. The molecule has 0 amide bonds. The number of hydrogen-bond acceptors (Lipinski definition) is 2. The smallest absolute Gasteiger partial charge is 0.388 e. The quantitative estimate of drug-likeness (QED) is 0.669. The van der Waals surface area contributed by atoms with Gasteiger partial charge in [0.05, 0.1) is 10.9 Å². The first-order chi connectivity index (χ1) is 7.88. The Labute approximate surface area is 102 Å². The summed E-state index contributed by atoms with van der Waals surface area (Å²) in [6.45, 7) is 0. The Kier molecular flexibility index (Phi) is 4.40. The molecule has 0 fully saturated rings. The van der Waals surface area contributed by atoms with E-state index in [4.69, 9.17) is 11.6 Å². The second-order valence-electron chi connectivity index (χ2n) is 3.48. The Morgan fingerprint density at radius 1 is 1.47 bits per heavy atom. The second kappa shape index (κ2) is 5.40. The van der Waals surface area contributed by atoms with Gasteiger partial charge in [-0.05, 0) is 24.1 Å². The van der Waals surface area contributed by atoms with Crippen LogP contribution in [-0.4, -0.2) is 18.7 Å². The van der Waals surface area contributed by atoms with Crippen molar-refractivity contribution in [2.75, 3.05) is 12.4 Å².